The average Bonchev–Trinajstić information content (AvgIpc) is 3.32. The number of nitrogens with one attached hydrogen (secondary N) is 2. The van der Waals surface area contributed by atoms with Crippen LogP contribution in [-0.2, 0) is 27.7 Å². The van der Waals surface area contributed by atoms with Crippen LogP contribution in [0.25, 0.3) is 0 Å². The van der Waals surface area contributed by atoms with Crippen molar-refractivity contribution in [3.8, 4) is 0 Å². The summed E-state index contributed by atoms with van der Waals surface area (Å²) in [5.74, 6) is -1.25. The predicted molar refractivity (Wildman–Crippen MR) is 95.4 cm³/mol. The van der Waals surface area contributed by atoms with E-state index >= 15 is 0 Å². The van der Waals surface area contributed by atoms with Crippen molar-refractivity contribution < 1.29 is 14.5 Å². The van der Waals surface area contributed by atoms with Crippen LogP contribution in [0.1, 0.15) is 26.5 Å². The number of nitrogens with zero attached hydrogens (tertiary/aromatic N) is 7. The van der Waals surface area contributed by atoms with E-state index in [0.29, 0.717) is 0 Å². The number of hydrogen-bond donors (Lipinski definition) is 2. The molecule has 13 nitrogen and oxygen atoms in total. The highest BCUT2D eigenvalue weighted by Gasteiger charge is 2.27. The van der Waals surface area contributed by atoms with E-state index in [1.807, 2.05) is 0 Å². The summed E-state index contributed by atoms with van der Waals surface area (Å²) in [5.41, 5.74) is 0.338. The zero-order valence-corrected chi connectivity index (χ0v) is 15.3. The van der Waals surface area contributed by atoms with Crippen LogP contribution < -0.4 is 10.6 Å². The zero-order valence-electron chi connectivity index (χ0n) is 15.3. The van der Waals surface area contributed by atoms with Gasteiger partial charge in [-0.25, -0.2) is 0 Å². The summed E-state index contributed by atoms with van der Waals surface area (Å²) < 4.78 is 4.00. The maximum Gasteiger partial charge on any atom is 0.320 e. The van der Waals surface area contributed by atoms with Gasteiger partial charge in [-0.05, 0) is 0 Å². The predicted octanol–water partition coefficient (Wildman–Crippen LogP) is -0.0224. The third kappa shape index (κ3) is 3.58. The lowest BCUT2D eigenvalue weighted by Gasteiger charge is -2.08. The van der Waals surface area contributed by atoms with Gasteiger partial charge in [-0.15, -0.1) is 0 Å². The van der Waals surface area contributed by atoms with Crippen LogP contribution in [-0.4, -0.2) is 46.1 Å². The van der Waals surface area contributed by atoms with Gasteiger partial charge < -0.3 is 10.6 Å². The lowest BCUT2D eigenvalue weighted by Crippen LogP contribution is -2.27. The molecule has 0 fully saturated rings. The lowest BCUT2D eigenvalue weighted by molar-refractivity contribution is -0.385. The lowest BCUT2D eigenvalue weighted by atomic mass is 10.3. The number of aryl methyl sites for hydroxylation is 3. The molecule has 2 N–H and O–H groups in total. The smallest absolute Gasteiger partial charge is 0.320 e. The molecule has 0 aliphatic carbocycles. The Hall–Kier alpha value is -4.03. The first-order chi connectivity index (χ1) is 13.3. The van der Waals surface area contributed by atoms with E-state index in [9.17, 15) is 19.7 Å². The molecular weight excluding hydrogens is 370 g/mol. The number of anilines is 1. The van der Waals surface area contributed by atoms with Crippen LogP contribution in [0, 0.1) is 10.1 Å². The van der Waals surface area contributed by atoms with E-state index in [1.165, 1.54) is 17.9 Å². The Kier molecular flexibility index (Phi) is 4.89. The molecule has 0 atom stereocenters. The van der Waals surface area contributed by atoms with Gasteiger partial charge in [0.15, 0.2) is 0 Å². The fourth-order valence-corrected chi connectivity index (χ4v) is 2.63. The Labute approximate surface area is 158 Å². The van der Waals surface area contributed by atoms with Crippen molar-refractivity contribution in [3.63, 3.8) is 0 Å². The topological polar surface area (TPSA) is 155 Å². The summed E-state index contributed by atoms with van der Waals surface area (Å²) in [6, 6.07) is 0. The molecule has 13 heteroatoms. The minimum Gasteiger partial charge on any atom is -0.346 e. The quantitative estimate of drug-likeness (QED) is 0.445. The van der Waals surface area contributed by atoms with Gasteiger partial charge in [0.1, 0.15) is 11.9 Å². The molecule has 28 heavy (non-hydrogen) atoms. The van der Waals surface area contributed by atoms with Crippen LogP contribution in [0.2, 0.25) is 0 Å². The van der Waals surface area contributed by atoms with E-state index in [2.05, 4.69) is 25.9 Å². The molecule has 0 aromatic carbocycles. The molecule has 0 unspecified atom stereocenters. The monoisotopic (exact) mass is 387 g/mol. The molecule has 0 saturated heterocycles. The number of hydrogen-bond acceptors (Lipinski definition) is 7. The summed E-state index contributed by atoms with van der Waals surface area (Å²) in [6.07, 6.45) is 5.65. The number of carbonyl (C=O) groups is 2. The number of carbonyl (C=O) groups excluding carboxylic acids is 2. The number of amides is 2. The number of rotatable bonds is 6. The van der Waals surface area contributed by atoms with Crippen molar-refractivity contribution in [1.29, 1.82) is 0 Å². The highest BCUT2D eigenvalue weighted by molar-refractivity contribution is 6.09. The number of nitro groups is 1. The molecule has 0 aliphatic rings. The standard InChI is InChI=1S/C15H17N9O4/c1-21-8-9(5-17-21)4-16-14(25)12-10(6-18-22(12)2)20-15(26)13-11(24(27)28)7-19-23(13)3/h5-8H,4H2,1-3H3,(H,16,25)(H,20,26). The normalized spacial score (nSPS) is 10.7. The van der Waals surface area contributed by atoms with Crippen molar-refractivity contribution in [1.82, 2.24) is 34.7 Å². The maximum atomic E-state index is 12.6. The van der Waals surface area contributed by atoms with E-state index in [1.54, 1.807) is 31.2 Å². The number of aromatic nitrogens is 6. The molecule has 146 valence electrons. The molecule has 0 aliphatic heterocycles. The molecule has 3 heterocycles. The van der Waals surface area contributed by atoms with Crippen molar-refractivity contribution in [2.24, 2.45) is 21.1 Å². The molecule has 0 bridgehead atoms. The van der Waals surface area contributed by atoms with Crippen LogP contribution >= 0.6 is 0 Å². The van der Waals surface area contributed by atoms with Crippen molar-refractivity contribution in [3.05, 3.63) is 51.9 Å². The second kappa shape index (κ2) is 7.30. The molecular formula is C15H17N9O4. The van der Waals surface area contributed by atoms with Gasteiger partial charge >= 0.3 is 5.69 Å². The largest absolute Gasteiger partial charge is 0.346 e. The van der Waals surface area contributed by atoms with Gasteiger partial charge in [0, 0.05) is 39.4 Å². The van der Waals surface area contributed by atoms with E-state index in [4.69, 9.17) is 0 Å². The molecule has 3 aromatic rings. The van der Waals surface area contributed by atoms with Crippen LogP contribution in [0.15, 0.2) is 24.8 Å². The molecule has 0 spiro atoms. The first kappa shape index (κ1) is 18.8. The third-order valence-electron chi connectivity index (χ3n) is 3.94. The van der Waals surface area contributed by atoms with E-state index in [0.717, 1.165) is 16.4 Å². The van der Waals surface area contributed by atoms with Gasteiger partial charge in [0.05, 0.1) is 23.0 Å². The fourth-order valence-electron chi connectivity index (χ4n) is 2.63. The summed E-state index contributed by atoms with van der Waals surface area (Å²) in [6.45, 7) is 0.235. The molecule has 2 amide bonds. The van der Waals surface area contributed by atoms with E-state index < -0.39 is 22.4 Å². The Morgan fingerprint density at radius 1 is 1.04 bits per heavy atom. The van der Waals surface area contributed by atoms with Crippen molar-refractivity contribution in [2.75, 3.05) is 5.32 Å². The average molecular weight is 387 g/mol. The molecule has 0 saturated carbocycles. The van der Waals surface area contributed by atoms with Gasteiger partial charge in [-0.2, -0.15) is 15.3 Å². The SMILES string of the molecule is Cn1cc(CNC(=O)c2c(NC(=O)c3c([N+](=O)[O-])cnn3C)cnn2C)cn1. The van der Waals surface area contributed by atoms with Crippen molar-refractivity contribution >= 4 is 23.2 Å². The van der Waals surface area contributed by atoms with Gasteiger partial charge in [0.2, 0.25) is 5.69 Å². The minimum atomic E-state index is -0.777. The first-order valence-electron chi connectivity index (χ1n) is 8.03. The molecule has 0 radical (unpaired) electrons. The summed E-state index contributed by atoms with van der Waals surface area (Å²) in [7, 11) is 4.71. The summed E-state index contributed by atoms with van der Waals surface area (Å²) in [4.78, 5) is 35.5. The van der Waals surface area contributed by atoms with Crippen LogP contribution in [0.4, 0.5) is 11.4 Å². The molecule has 3 rings (SSSR count). The minimum absolute atomic E-state index is 0.0991. The van der Waals surface area contributed by atoms with E-state index in [-0.39, 0.29) is 23.6 Å². The summed E-state index contributed by atoms with van der Waals surface area (Å²) >= 11 is 0. The highest BCUT2D eigenvalue weighted by atomic mass is 16.6. The Morgan fingerprint density at radius 3 is 2.36 bits per heavy atom. The molecule has 3 aromatic heterocycles. The fraction of sp³-hybridized carbons (Fsp3) is 0.267. The van der Waals surface area contributed by atoms with Crippen LogP contribution in [0.3, 0.4) is 0 Å². The van der Waals surface area contributed by atoms with Crippen LogP contribution in [0.5, 0.6) is 0 Å². The van der Waals surface area contributed by atoms with Gasteiger partial charge in [-0.1, -0.05) is 0 Å². The Bertz CT molecular complexity index is 1060. The van der Waals surface area contributed by atoms with Gasteiger partial charge in [0.25, 0.3) is 11.8 Å². The van der Waals surface area contributed by atoms with Crippen molar-refractivity contribution in [2.45, 2.75) is 6.54 Å². The Morgan fingerprint density at radius 2 is 1.71 bits per heavy atom. The maximum absolute atomic E-state index is 12.6. The summed E-state index contributed by atoms with van der Waals surface area (Å²) in [5, 5.41) is 28.0. The Balaban J connectivity index is 1.79. The zero-order chi connectivity index (χ0) is 20.4. The second-order valence-electron chi connectivity index (χ2n) is 5.95. The van der Waals surface area contributed by atoms with Gasteiger partial charge in [-0.3, -0.25) is 33.7 Å². The third-order valence-corrected chi connectivity index (χ3v) is 3.94. The highest BCUT2D eigenvalue weighted by Crippen LogP contribution is 2.20. The second-order valence-corrected chi connectivity index (χ2v) is 5.95. The first-order valence-corrected chi connectivity index (χ1v) is 8.03.